The highest BCUT2D eigenvalue weighted by Gasteiger charge is 2.28. The number of carbonyl (C=O) groups excluding carboxylic acids is 1. The van der Waals surface area contributed by atoms with Gasteiger partial charge in [-0.3, -0.25) is 9.48 Å². The van der Waals surface area contributed by atoms with E-state index in [1.54, 1.807) is 0 Å². The highest BCUT2D eigenvalue weighted by molar-refractivity contribution is 5.76. The van der Waals surface area contributed by atoms with Gasteiger partial charge in [0.2, 0.25) is 5.91 Å². The van der Waals surface area contributed by atoms with Gasteiger partial charge in [-0.15, -0.1) is 0 Å². The molecule has 0 aliphatic carbocycles. The zero-order valence-corrected chi connectivity index (χ0v) is 14.5. The Labute approximate surface area is 139 Å². The molecule has 2 aliphatic rings. The molecule has 5 heteroatoms. The van der Waals surface area contributed by atoms with Crippen LogP contribution in [-0.2, 0) is 16.1 Å². The Balaban J connectivity index is 1.58. The predicted molar refractivity (Wildman–Crippen MR) is 89.3 cm³/mol. The van der Waals surface area contributed by atoms with Gasteiger partial charge in [-0.05, 0) is 58.4 Å². The molecule has 0 saturated carbocycles. The van der Waals surface area contributed by atoms with Gasteiger partial charge in [0.15, 0.2) is 0 Å². The molecule has 1 amide bonds. The van der Waals surface area contributed by atoms with Crippen LogP contribution in [-0.4, -0.2) is 45.9 Å². The van der Waals surface area contributed by atoms with Crippen molar-refractivity contribution in [2.24, 2.45) is 0 Å². The van der Waals surface area contributed by atoms with Crippen LogP contribution in [0.3, 0.4) is 0 Å². The number of piperidine rings is 1. The van der Waals surface area contributed by atoms with Gasteiger partial charge >= 0.3 is 0 Å². The smallest absolute Gasteiger partial charge is 0.222 e. The Morgan fingerprint density at radius 2 is 2.17 bits per heavy atom. The van der Waals surface area contributed by atoms with Crippen molar-refractivity contribution < 1.29 is 9.53 Å². The molecule has 2 aliphatic heterocycles. The van der Waals surface area contributed by atoms with Gasteiger partial charge in [-0.2, -0.15) is 5.10 Å². The fraction of sp³-hybridized carbons (Fsp3) is 0.778. The molecule has 23 heavy (non-hydrogen) atoms. The molecule has 3 rings (SSSR count). The van der Waals surface area contributed by atoms with E-state index in [0.29, 0.717) is 24.5 Å². The molecule has 1 aromatic heterocycles. The molecule has 0 spiro atoms. The summed E-state index contributed by atoms with van der Waals surface area (Å²) in [5.41, 5.74) is 2.23. The Morgan fingerprint density at radius 3 is 2.87 bits per heavy atom. The Kier molecular flexibility index (Phi) is 5.36. The van der Waals surface area contributed by atoms with E-state index in [9.17, 15) is 4.79 Å². The summed E-state index contributed by atoms with van der Waals surface area (Å²) in [6.07, 6.45) is 7.48. The van der Waals surface area contributed by atoms with Gasteiger partial charge < -0.3 is 9.64 Å². The molecule has 128 valence electrons. The number of hydrogen-bond donors (Lipinski definition) is 0. The van der Waals surface area contributed by atoms with Crippen molar-refractivity contribution in [2.75, 3.05) is 13.2 Å². The zero-order valence-electron chi connectivity index (χ0n) is 14.5. The molecule has 2 atom stereocenters. The highest BCUT2D eigenvalue weighted by Crippen LogP contribution is 2.22. The largest absolute Gasteiger partial charge is 0.378 e. The van der Waals surface area contributed by atoms with Crippen molar-refractivity contribution in [1.82, 2.24) is 14.7 Å². The molecular formula is C18H29N3O2. The number of ether oxygens (including phenoxy) is 1. The van der Waals surface area contributed by atoms with Crippen molar-refractivity contribution in [3.63, 3.8) is 0 Å². The number of amides is 1. The van der Waals surface area contributed by atoms with Crippen molar-refractivity contribution in [1.29, 1.82) is 0 Å². The molecule has 1 aromatic rings. The number of aromatic nitrogens is 2. The second-order valence-electron chi connectivity index (χ2n) is 7.02. The maximum absolute atomic E-state index is 12.7. The number of rotatable bonds is 5. The molecule has 5 nitrogen and oxygen atoms in total. The monoisotopic (exact) mass is 319 g/mol. The van der Waals surface area contributed by atoms with Crippen LogP contribution in [0.4, 0.5) is 0 Å². The Hall–Kier alpha value is -1.36. The van der Waals surface area contributed by atoms with Crippen LogP contribution in [0.5, 0.6) is 0 Å². The summed E-state index contributed by atoms with van der Waals surface area (Å²) in [4.78, 5) is 14.8. The molecule has 0 radical (unpaired) electrons. The van der Waals surface area contributed by atoms with E-state index in [1.165, 1.54) is 12.1 Å². The third-order valence-corrected chi connectivity index (χ3v) is 5.14. The topological polar surface area (TPSA) is 47.4 Å². The maximum atomic E-state index is 12.7. The van der Waals surface area contributed by atoms with Crippen LogP contribution >= 0.6 is 0 Å². The summed E-state index contributed by atoms with van der Waals surface area (Å²) in [6.45, 7) is 6.70. The van der Waals surface area contributed by atoms with E-state index >= 15 is 0 Å². The van der Waals surface area contributed by atoms with Gasteiger partial charge in [0.1, 0.15) is 0 Å². The molecular weight excluding hydrogens is 290 g/mol. The van der Waals surface area contributed by atoms with Crippen molar-refractivity contribution >= 4 is 5.91 Å². The first-order valence-electron chi connectivity index (χ1n) is 9.05. The lowest BCUT2D eigenvalue weighted by Crippen LogP contribution is -2.46. The molecule has 0 bridgehead atoms. The van der Waals surface area contributed by atoms with E-state index < -0.39 is 0 Å². The van der Waals surface area contributed by atoms with Crippen LogP contribution in [0, 0.1) is 13.8 Å². The zero-order chi connectivity index (χ0) is 16.2. The van der Waals surface area contributed by atoms with Gasteiger partial charge in [-0.25, -0.2) is 0 Å². The highest BCUT2D eigenvalue weighted by atomic mass is 16.5. The van der Waals surface area contributed by atoms with E-state index in [-0.39, 0.29) is 0 Å². The lowest BCUT2D eigenvalue weighted by molar-refractivity contribution is -0.135. The summed E-state index contributed by atoms with van der Waals surface area (Å²) < 4.78 is 7.71. The van der Waals surface area contributed by atoms with Gasteiger partial charge in [-0.1, -0.05) is 0 Å². The quantitative estimate of drug-likeness (QED) is 0.838. The van der Waals surface area contributed by atoms with E-state index in [2.05, 4.69) is 27.7 Å². The third kappa shape index (κ3) is 4.14. The van der Waals surface area contributed by atoms with Crippen LogP contribution in [0.1, 0.15) is 56.3 Å². The number of likely N-dealkylation sites (tertiary alicyclic amines) is 1. The molecule has 0 unspecified atom stereocenters. The lowest BCUT2D eigenvalue weighted by Gasteiger charge is -2.36. The molecule has 2 fully saturated rings. The normalized spacial score (nSPS) is 25.0. The van der Waals surface area contributed by atoms with Crippen molar-refractivity contribution in [3.8, 4) is 0 Å². The fourth-order valence-electron chi connectivity index (χ4n) is 3.88. The van der Waals surface area contributed by atoms with Crippen molar-refractivity contribution in [2.45, 2.75) is 77.5 Å². The predicted octanol–water partition coefficient (Wildman–Crippen LogP) is 2.84. The minimum Gasteiger partial charge on any atom is -0.378 e. The average molecular weight is 319 g/mol. The Bertz CT molecular complexity index is 534. The second-order valence-corrected chi connectivity index (χ2v) is 7.02. The number of carbonyl (C=O) groups is 1. The average Bonchev–Trinajstić information content (AvgIpc) is 3.15. The van der Waals surface area contributed by atoms with Crippen LogP contribution < -0.4 is 0 Å². The number of aryl methyl sites for hydroxylation is 2. The summed E-state index contributed by atoms with van der Waals surface area (Å²) in [5.74, 6) is 0.298. The van der Waals surface area contributed by atoms with E-state index in [0.717, 1.165) is 57.5 Å². The molecule has 0 N–H and O–H groups in total. The minimum atomic E-state index is 0.291. The maximum Gasteiger partial charge on any atom is 0.222 e. The first kappa shape index (κ1) is 16.5. The standard InChI is InChI=1S/C18H29N3O2/c1-14-12-15(2)21(19-14)13-16-6-3-4-10-20(16)18(22)9-8-17-7-5-11-23-17/h12,16-17H,3-11,13H2,1-2H3/t16-,17+/m0/s1. The summed E-state index contributed by atoms with van der Waals surface area (Å²) in [6, 6.07) is 2.39. The van der Waals surface area contributed by atoms with E-state index in [4.69, 9.17) is 4.74 Å². The van der Waals surface area contributed by atoms with Crippen LogP contribution in [0.15, 0.2) is 6.07 Å². The van der Waals surface area contributed by atoms with Crippen molar-refractivity contribution in [3.05, 3.63) is 17.5 Å². The Morgan fingerprint density at radius 1 is 1.30 bits per heavy atom. The number of hydrogen-bond acceptors (Lipinski definition) is 3. The summed E-state index contributed by atoms with van der Waals surface area (Å²) in [7, 11) is 0. The summed E-state index contributed by atoms with van der Waals surface area (Å²) in [5, 5.41) is 4.57. The first-order chi connectivity index (χ1) is 11.1. The number of nitrogens with zero attached hydrogens (tertiary/aromatic N) is 3. The lowest BCUT2D eigenvalue weighted by atomic mass is 10.0. The van der Waals surface area contributed by atoms with Crippen LogP contribution in [0.25, 0.3) is 0 Å². The second kappa shape index (κ2) is 7.47. The van der Waals surface area contributed by atoms with Gasteiger partial charge in [0.05, 0.1) is 24.4 Å². The summed E-state index contributed by atoms with van der Waals surface area (Å²) >= 11 is 0. The molecule has 0 aromatic carbocycles. The minimum absolute atomic E-state index is 0.291. The van der Waals surface area contributed by atoms with Gasteiger partial charge in [0, 0.05) is 25.3 Å². The first-order valence-corrected chi connectivity index (χ1v) is 9.05. The third-order valence-electron chi connectivity index (χ3n) is 5.14. The van der Waals surface area contributed by atoms with Gasteiger partial charge in [0.25, 0.3) is 0 Å². The fourth-order valence-corrected chi connectivity index (χ4v) is 3.88. The van der Waals surface area contributed by atoms with E-state index in [1.807, 2.05) is 6.92 Å². The molecule has 3 heterocycles. The molecule has 2 saturated heterocycles. The SMILES string of the molecule is Cc1cc(C)n(C[C@@H]2CCCCN2C(=O)CC[C@H]2CCCO2)n1. The van der Waals surface area contributed by atoms with Crippen LogP contribution in [0.2, 0.25) is 0 Å².